The van der Waals surface area contributed by atoms with Crippen LogP contribution in [0.5, 0.6) is 0 Å². The Kier molecular flexibility index (Phi) is 6.29. The van der Waals surface area contributed by atoms with Gasteiger partial charge >= 0.3 is 5.97 Å². The van der Waals surface area contributed by atoms with Gasteiger partial charge in [0.05, 0.1) is 5.92 Å². The summed E-state index contributed by atoms with van der Waals surface area (Å²) in [4.78, 5) is 11.8. The molecule has 0 atom stereocenters. The predicted molar refractivity (Wildman–Crippen MR) is 67.1 cm³/mol. The number of carbonyl (C=O) groups is 1. The van der Waals surface area contributed by atoms with E-state index in [1.54, 1.807) is 0 Å². The zero-order valence-corrected chi connectivity index (χ0v) is 9.97. The highest BCUT2D eigenvalue weighted by Crippen LogP contribution is 2.11. The van der Waals surface area contributed by atoms with E-state index in [0.29, 0.717) is 32.5 Å². The van der Waals surface area contributed by atoms with Gasteiger partial charge in [-0.05, 0) is 31.5 Å². The number of hydrogen-bond acceptors (Lipinski definition) is 4. The number of benzene rings is 1. The van der Waals surface area contributed by atoms with Crippen LogP contribution >= 0.6 is 0 Å². The van der Waals surface area contributed by atoms with Gasteiger partial charge in [0.15, 0.2) is 0 Å². The number of nitrogens with two attached hydrogens (primary N) is 2. The molecule has 0 heterocycles. The lowest BCUT2D eigenvalue weighted by Gasteiger charge is -2.14. The Morgan fingerprint density at radius 2 is 1.71 bits per heavy atom. The van der Waals surface area contributed by atoms with E-state index in [1.165, 1.54) is 0 Å². The molecular formula is C13H20N2O2. The van der Waals surface area contributed by atoms with Gasteiger partial charge in [0.2, 0.25) is 0 Å². The Hall–Kier alpha value is -1.39. The van der Waals surface area contributed by atoms with E-state index in [2.05, 4.69) is 0 Å². The van der Waals surface area contributed by atoms with E-state index < -0.39 is 0 Å². The quantitative estimate of drug-likeness (QED) is 0.693. The maximum atomic E-state index is 11.8. The van der Waals surface area contributed by atoms with Crippen molar-refractivity contribution in [2.45, 2.75) is 19.4 Å². The van der Waals surface area contributed by atoms with Crippen molar-refractivity contribution >= 4 is 5.97 Å². The van der Waals surface area contributed by atoms with Gasteiger partial charge in [-0.1, -0.05) is 30.3 Å². The predicted octanol–water partition coefficient (Wildman–Crippen LogP) is 1.04. The van der Waals surface area contributed by atoms with Crippen molar-refractivity contribution in [3.63, 3.8) is 0 Å². The molecule has 4 nitrogen and oxygen atoms in total. The number of hydrogen-bond donors (Lipinski definition) is 2. The SMILES string of the molecule is NCCC(CCN)C(=O)OCc1ccccc1. The van der Waals surface area contributed by atoms with E-state index in [4.69, 9.17) is 16.2 Å². The van der Waals surface area contributed by atoms with Gasteiger partial charge in [-0.15, -0.1) is 0 Å². The van der Waals surface area contributed by atoms with Crippen molar-refractivity contribution < 1.29 is 9.53 Å². The first kappa shape index (κ1) is 13.7. The van der Waals surface area contributed by atoms with Crippen LogP contribution in [-0.2, 0) is 16.1 Å². The van der Waals surface area contributed by atoms with Crippen LogP contribution < -0.4 is 11.5 Å². The zero-order chi connectivity index (χ0) is 12.5. The van der Waals surface area contributed by atoms with Crippen LogP contribution in [0.1, 0.15) is 18.4 Å². The van der Waals surface area contributed by atoms with Gasteiger partial charge < -0.3 is 16.2 Å². The van der Waals surface area contributed by atoms with E-state index >= 15 is 0 Å². The third-order valence-corrected chi connectivity index (χ3v) is 2.59. The van der Waals surface area contributed by atoms with Crippen LogP contribution in [0.25, 0.3) is 0 Å². The Morgan fingerprint density at radius 3 is 2.24 bits per heavy atom. The fourth-order valence-corrected chi connectivity index (χ4v) is 1.63. The van der Waals surface area contributed by atoms with Gasteiger partial charge in [0.1, 0.15) is 6.61 Å². The maximum Gasteiger partial charge on any atom is 0.309 e. The molecule has 4 heteroatoms. The van der Waals surface area contributed by atoms with Gasteiger partial charge in [0, 0.05) is 0 Å². The third-order valence-electron chi connectivity index (χ3n) is 2.59. The molecule has 0 aliphatic rings. The van der Waals surface area contributed by atoms with Crippen LogP contribution in [0, 0.1) is 5.92 Å². The summed E-state index contributed by atoms with van der Waals surface area (Å²) in [7, 11) is 0. The fraction of sp³-hybridized carbons (Fsp3) is 0.462. The normalized spacial score (nSPS) is 10.5. The average molecular weight is 236 g/mol. The van der Waals surface area contributed by atoms with Crippen molar-refractivity contribution in [2.24, 2.45) is 17.4 Å². The Labute approximate surface area is 102 Å². The van der Waals surface area contributed by atoms with E-state index in [0.717, 1.165) is 5.56 Å². The van der Waals surface area contributed by atoms with E-state index in [1.807, 2.05) is 30.3 Å². The lowest BCUT2D eigenvalue weighted by Crippen LogP contribution is -2.23. The second-order valence-electron chi connectivity index (χ2n) is 3.94. The second kappa shape index (κ2) is 7.81. The topological polar surface area (TPSA) is 78.3 Å². The van der Waals surface area contributed by atoms with E-state index in [9.17, 15) is 4.79 Å². The summed E-state index contributed by atoms with van der Waals surface area (Å²) >= 11 is 0. The van der Waals surface area contributed by atoms with Crippen LogP contribution in [0.4, 0.5) is 0 Å². The number of esters is 1. The first-order chi connectivity index (χ1) is 8.27. The summed E-state index contributed by atoms with van der Waals surface area (Å²) in [6.07, 6.45) is 1.26. The zero-order valence-electron chi connectivity index (χ0n) is 9.97. The summed E-state index contributed by atoms with van der Waals surface area (Å²) in [6.45, 7) is 1.27. The lowest BCUT2D eigenvalue weighted by atomic mass is 10.0. The lowest BCUT2D eigenvalue weighted by molar-refractivity contribution is -0.150. The molecule has 0 unspecified atom stereocenters. The summed E-state index contributed by atoms with van der Waals surface area (Å²) in [6, 6.07) is 9.61. The molecule has 4 N–H and O–H groups in total. The maximum absolute atomic E-state index is 11.8. The summed E-state index contributed by atoms with van der Waals surface area (Å²) < 4.78 is 5.25. The minimum atomic E-state index is -0.204. The molecule has 0 radical (unpaired) electrons. The summed E-state index contributed by atoms with van der Waals surface area (Å²) in [5.41, 5.74) is 11.9. The molecule has 0 aliphatic carbocycles. The Bertz CT molecular complexity index is 321. The number of ether oxygens (including phenoxy) is 1. The van der Waals surface area contributed by atoms with Crippen LogP contribution in [-0.4, -0.2) is 19.1 Å². The fourth-order valence-electron chi connectivity index (χ4n) is 1.63. The van der Waals surface area contributed by atoms with Crippen molar-refractivity contribution in [3.8, 4) is 0 Å². The standard InChI is InChI=1S/C13H20N2O2/c14-8-6-12(7-9-15)13(16)17-10-11-4-2-1-3-5-11/h1-5,12H,6-10,14-15H2. The molecule has 0 amide bonds. The van der Waals surface area contributed by atoms with Crippen LogP contribution in [0.15, 0.2) is 30.3 Å². The molecule has 0 spiro atoms. The highest BCUT2D eigenvalue weighted by atomic mass is 16.5. The molecule has 17 heavy (non-hydrogen) atoms. The first-order valence-corrected chi connectivity index (χ1v) is 5.88. The largest absolute Gasteiger partial charge is 0.461 e. The number of carbonyl (C=O) groups excluding carboxylic acids is 1. The van der Waals surface area contributed by atoms with Gasteiger partial charge in [-0.3, -0.25) is 4.79 Å². The highest BCUT2D eigenvalue weighted by Gasteiger charge is 2.18. The second-order valence-corrected chi connectivity index (χ2v) is 3.94. The molecule has 0 saturated heterocycles. The van der Waals surface area contributed by atoms with E-state index in [-0.39, 0.29) is 11.9 Å². The smallest absolute Gasteiger partial charge is 0.309 e. The third kappa shape index (κ3) is 4.97. The Morgan fingerprint density at radius 1 is 1.12 bits per heavy atom. The van der Waals surface area contributed by atoms with Crippen molar-refractivity contribution in [3.05, 3.63) is 35.9 Å². The van der Waals surface area contributed by atoms with Gasteiger partial charge in [0.25, 0.3) is 0 Å². The molecular weight excluding hydrogens is 216 g/mol. The molecule has 1 aromatic carbocycles. The number of rotatable bonds is 7. The molecule has 0 fully saturated rings. The first-order valence-electron chi connectivity index (χ1n) is 5.88. The minimum Gasteiger partial charge on any atom is -0.461 e. The molecule has 0 bridgehead atoms. The summed E-state index contributed by atoms with van der Waals surface area (Å²) in [5, 5.41) is 0. The van der Waals surface area contributed by atoms with Crippen molar-refractivity contribution in [1.82, 2.24) is 0 Å². The molecule has 94 valence electrons. The average Bonchev–Trinajstić information content (AvgIpc) is 2.37. The summed E-state index contributed by atoms with van der Waals surface area (Å²) in [5.74, 6) is -0.376. The van der Waals surface area contributed by atoms with Crippen LogP contribution in [0.2, 0.25) is 0 Å². The van der Waals surface area contributed by atoms with Crippen molar-refractivity contribution in [1.29, 1.82) is 0 Å². The molecule has 1 rings (SSSR count). The van der Waals surface area contributed by atoms with Crippen molar-refractivity contribution in [2.75, 3.05) is 13.1 Å². The monoisotopic (exact) mass is 236 g/mol. The molecule has 0 aromatic heterocycles. The molecule has 0 saturated carbocycles. The minimum absolute atomic E-state index is 0.172. The molecule has 1 aromatic rings. The highest BCUT2D eigenvalue weighted by molar-refractivity contribution is 5.72. The Balaban J connectivity index is 2.41. The van der Waals surface area contributed by atoms with Gasteiger partial charge in [-0.2, -0.15) is 0 Å². The molecule has 0 aliphatic heterocycles. The van der Waals surface area contributed by atoms with Crippen LogP contribution in [0.3, 0.4) is 0 Å². The van der Waals surface area contributed by atoms with Gasteiger partial charge in [-0.25, -0.2) is 0 Å².